The quantitative estimate of drug-likeness (QED) is 0.259. The fraction of sp³-hybridized carbons (Fsp3) is 0.0909. The van der Waals surface area contributed by atoms with Crippen molar-refractivity contribution < 1.29 is 0 Å². The second kappa shape index (κ2) is 8.34. The fourth-order valence-corrected chi connectivity index (χ4v) is 3.43. The second-order valence-electron chi connectivity index (χ2n) is 6.69. The molecule has 2 heterocycles. The van der Waals surface area contributed by atoms with Crippen molar-refractivity contribution in [3.05, 3.63) is 89.6 Å². The van der Waals surface area contributed by atoms with E-state index >= 15 is 0 Å². The average molecular weight is 405 g/mol. The molecule has 6 nitrogen and oxygen atoms in total. The molecule has 29 heavy (non-hydrogen) atoms. The van der Waals surface area contributed by atoms with E-state index in [1.807, 2.05) is 18.6 Å². The molecule has 7 heteroatoms. The summed E-state index contributed by atoms with van der Waals surface area (Å²) in [5, 5.41) is 2.73. The molecule has 146 valence electrons. The van der Waals surface area contributed by atoms with Gasteiger partial charge in [0.15, 0.2) is 0 Å². The van der Waals surface area contributed by atoms with E-state index in [9.17, 15) is 0 Å². The van der Waals surface area contributed by atoms with Crippen LogP contribution < -0.4 is 17.0 Å². The van der Waals surface area contributed by atoms with Crippen LogP contribution in [0.2, 0.25) is 0 Å². The van der Waals surface area contributed by atoms with Crippen molar-refractivity contribution in [3.8, 4) is 11.4 Å². The largest absolute Gasteiger partial charge is 0.396 e. The highest BCUT2D eigenvalue weighted by Gasteiger charge is 2.09. The van der Waals surface area contributed by atoms with Gasteiger partial charge in [-0.1, -0.05) is 54.1 Å². The Bertz CT molecular complexity index is 1180. The number of aryl methyl sites for hydroxylation is 2. The van der Waals surface area contributed by atoms with Crippen molar-refractivity contribution in [3.63, 3.8) is 0 Å². The molecule has 5 N–H and O–H groups in total. The number of benzene rings is 2. The Morgan fingerprint density at radius 1 is 1.03 bits per heavy atom. The number of aromatic nitrogens is 3. The zero-order valence-electron chi connectivity index (χ0n) is 15.7. The number of nitrogens with zero attached hydrogens (tertiary/aromatic N) is 3. The minimum Gasteiger partial charge on any atom is -0.396 e. The standard InChI is InChI=1S/C22H21ClN6/c23-22(28-25)21(24)17-8-10-26-19(12-17)20-13-29(14-27-20)11-9-16-6-3-5-15-4-1-2-7-18(15)16/h1-8,10,12-14,28H,9,11,24-25H2/b22-21-. The van der Waals surface area contributed by atoms with Crippen LogP contribution in [0.4, 0.5) is 0 Å². The highest BCUT2D eigenvalue weighted by atomic mass is 35.5. The highest BCUT2D eigenvalue weighted by molar-refractivity contribution is 6.32. The Morgan fingerprint density at radius 2 is 1.86 bits per heavy atom. The van der Waals surface area contributed by atoms with E-state index in [4.69, 9.17) is 23.2 Å². The van der Waals surface area contributed by atoms with Crippen LogP contribution in [0.5, 0.6) is 0 Å². The minimum absolute atomic E-state index is 0.183. The predicted molar refractivity (Wildman–Crippen MR) is 117 cm³/mol. The van der Waals surface area contributed by atoms with Gasteiger partial charge < -0.3 is 15.7 Å². The lowest BCUT2D eigenvalue weighted by Crippen LogP contribution is -2.21. The van der Waals surface area contributed by atoms with Gasteiger partial charge in [-0.15, -0.1) is 0 Å². The summed E-state index contributed by atoms with van der Waals surface area (Å²) in [4.78, 5) is 8.90. The maximum Gasteiger partial charge on any atom is 0.140 e. The fourth-order valence-electron chi connectivity index (χ4n) is 3.32. The molecule has 4 aromatic rings. The molecular weight excluding hydrogens is 384 g/mol. The third-order valence-electron chi connectivity index (χ3n) is 4.85. The van der Waals surface area contributed by atoms with Gasteiger partial charge in [-0.3, -0.25) is 4.98 Å². The number of nitrogens with one attached hydrogen (secondary N) is 1. The molecule has 0 amide bonds. The van der Waals surface area contributed by atoms with Gasteiger partial charge in [0.2, 0.25) is 0 Å². The third kappa shape index (κ3) is 4.08. The van der Waals surface area contributed by atoms with Gasteiger partial charge in [-0.05, 0) is 34.9 Å². The number of nitrogens with two attached hydrogens (primary N) is 2. The van der Waals surface area contributed by atoms with Crippen LogP contribution in [0.25, 0.3) is 27.9 Å². The summed E-state index contributed by atoms with van der Waals surface area (Å²) in [7, 11) is 0. The molecule has 0 unspecified atom stereocenters. The molecule has 0 bridgehead atoms. The maximum absolute atomic E-state index is 6.01. The molecule has 0 atom stereocenters. The molecule has 2 aromatic carbocycles. The first kappa shape index (κ1) is 19.0. The molecule has 2 aromatic heterocycles. The molecule has 0 saturated heterocycles. The highest BCUT2D eigenvalue weighted by Crippen LogP contribution is 2.22. The number of halogens is 1. The first-order chi connectivity index (χ1) is 14.2. The van der Waals surface area contributed by atoms with Crippen LogP contribution in [-0.4, -0.2) is 14.5 Å². The number of hydrogen-bond acceptors (Lipinski definition) is 5. The van der Waals surface area contributed by atoms with Gasteiger partial charge in [-0.25, -0.2) is 10.8 Å². The van der Waals surface area contributed by atoms with Crippen LogP contribution in [0.15, 0.2) is 78.5 Å². The van der Waals surface area contributed by atoms with E-state index in [2.05, 4.69) is 62.4 Å². The Kier molecular flexibility index (Phi) is 5.46. The topological polar surface area (TPSA) is 94.8 Å². The van der Waals surface area contributed by atoms with E-state index in [0.29, 0.717) is 5.70 Å². The Morgan fingerprint density at radius 3 is 2.72 bits per heavy atom. The van der Waals surface area contributed by atoms with Crippen molar-refractivity contribution in [1.29, 1.82) is 0 Å². The first-order valence-electron chi connectivity index (χ1n) is 9.23. The van der Waals surface area contributed by atoms with Gasteiger partial charge in [0.05, 0.1) is 17.7 Å². The summed E-state index contributed by atoms with van der Waals surface area (Å²) >= 11 is 5.97. The third-order valence-corrected chi connectivity index (χ3v) is 5.16. The summed E-state index contributed by atoms with van der Waals surface area (Å²) in [6.07, 6.45) is 6.40. The van der Waals surface area contributed by atoms with Crippen LogP contribution in [0.1, 0.15) is 11.1 Å². The summed E-state index contributed by atoms with van der Waals surface area (Å²) in [6.45, 7) is 0.825. The minimum atomic E-state index is 0.183. The van der Waals surface area contributed by atoms with Crippen LogP contribution in [0.3, 0.4) is 0 Å². The van der Waals surface area contributed by atoms with Crippen molar-refractivity contribution >= 4 is 28.1 Å². The first-order valence-corrected chi connectivity index (χ1v) is 9.60. The van der Waals surface area contributed by atoms with Gasteiger partial charge in [0, 0.05) is 24.5 Å². The Labute approximate surface area is 173 Å². The molecule has 0 aliphatic heterocycles. The Hall–Kier alpha value is -3.35. The predicted octanol–water partition coefficient (Wildman–Crippen LogP) is 3.63. The van der Waals surface area contributed by atoms with Crippen molar-refractivity contribution in [2.24, 2.45) is 11.6 Å². The lowest BCUT2D eigenvalue weighted by molar-refractivity contribution is 0.698. The van der Waals surface area contributed by atoms with Gasteiger partial charge in [-0.2, -0.15) is 0 Å². The number of imidazole rings is 1. The van der Waals surface area contributed by atoms with E-state index < -0.39 is 0 Å². The van der Waals surface area contributed by atoms with Crippen LogP contribution >= 0.6 is 11.6 Å². The second-order valence-corrected chi connectivity index (χ2v) is 7.06. The van der Waals surface area contributed by atoms with Crippen molar-refractivity contribution in [1.82, 2.24) is 20.0 Å². The molecule has 0 radical (unpaired) electrons. The van der Waals surface area contributed by atoms with E-state index in [1.165, 1.54) is 16.3 Å². The zero-order chi connectivity index (χ0) is 20.2. The molecule has 0 aliphatic carbocycles. The van der Waals surface area contributed by atoms with Gasteiger partial charge in [0.25, 0.3) is 0 Å². The molecule has 4 rings (SSSR count). The van der Waals surface area contributed by atoms with Crippen LogP contribution in [0, 0.1) is 0 Å². The SMILES string of the molecule is NN/C(Cl)=C(\N)c1ccnc(-c2cn(CCc3cccc4ccccc34)cn2)c1. The van der Waals surface area contributed by atoms with Crippen molar-refractivity contribution in [2.75, 3.05) is 0 Å². The summed E-state index contributed by atoms with van der Waals surface area (Å²) in [5.74, 6) is 5.33. The molecule has 0 spiro atoms. The summed E-state index contributed by atoms with van der Waals surface area (Å²) < 4.78 is 2.07. The summed E-state index contributed by atoms with van der Waals surface area (Å²) in [6, 6.07) is 18.5. The average Bonchev–Trinajstić information content (AvgIpc) is 3.26. The number of hydrogen-bond donors (Lipinski definition) is 3. The van der Waals surface area contributed by atoms with E-state index in [-0.39, 0.29) is 5.16 Å². The number of rotatable bonds is 6. The lowest BCUT2D eigenvalue weighted by Gasteiger charge is -2.07. The Balaban J connectivity index is 1.53. The smallest absolute Gasteiger partial charge is 0.140 e. The van der Waals surface area contributed by atoms with Gasteiger partial charge >= 0.3 is 0 Å². The van der Waals surface area contributed by atoms with E-state index in [1.54, 1.807) is 12.3 Å². The maximum atomic E-state index is 6.01. The molecule has 0 saturated carbocycles. The normalized spacial score (nSPS) is 12.1. The van der Waals surface area contributed by atoms with Gasteiger partial charge in [0.1, 0.15) is 10.9 Å². The van der Waals surface area contributed by atoms with Crippen LogP contribution in [-0.2, 0) is 13.0 Å². The van der Waals surface area contributed by atoms with E-state index in [0.717, 1.165) is 29.9 Å². The monoisotopic (exact) mass is 404 g/mol. The summed E-state index contributed by atoms with van der Waals surface area (Å²) in [5.41, 5.74) is 12.3. The zero-order valence-corrected chi connectivity index (χ0v) is 16.5. The lowest BCUT2D eigenvalue weighted by atomic mass is 10.0. The molecule has 0 fully saturated rings. The van der Waals surface area contributed by atoms with Crippen molar-refractivity contribution in [2.45, 2.75) is 13.0 Å². The number of hydrazine groups is 1. The molecular formula is C22H21ClN6. The molecule has 0 aliphatic rings. The number of pyridine rings is 1. The number of fused-ring (bicyclic) bond motifs is 1.